The molecule has 2 fully saturated rings. The van der Waals surface area contributed by atoms with Crippen molar-refractivity contribution in [3.63, 3.8) is 0 Å². The summed E-state index contributed by atoms with van der Waals surface area (Å²) in [5.74, 6) is -1.31. The van der Waals surface area contributed by atoms with E-state index in [2.05, 4.69) is 20.3 Å². The first-order chi connectivity index (χ1) is 20.4. The monoisotopic (exact) mass is 633 g/mol. The first-order valence-corrected chi connectivity index (χ1v) is 15.5. The predicted molar refractivity (Wildman–Crippen MR) is 159 cm³/mol. The Kier molecular flexibility index (Phi) is 8.65. The molecule has 0 aliphatic carbocycles. The number of piperidine rings is 1. The summed E-state index contributed by atoms with van der Waals surface area (Å²) in [4.78, 5) is 53.6. The molecule has 2 aromatic heterocycles. The zero-order valence-corrected chi connectivity index (χ0v) is 24.8. The number of pyridine rings is 1. The molecule has 0 radical (unpaired) electrons. The van der Waals surface area contributed by atoms with Crippen LogP contribution in [0.25, 0.3) is 10.9 Å². The van der Waals surface area contributed by atoms with Crippen molar-refractivity contribution in [3.05, 3.63) is 58.2 Å². The Bertz CT molecular complexity index is 1560. The number of thioether (sulfide) groups is 1. The Morgan fingerprint density at radius 1 is 1.26 bits per heavy atom. The number of carbonyl (C=O) groups excluding carboxylic acids is 3. The summed E-state index contributed by atoms with van der Waals surface area (Å²) in [7, 11) is 0. The number of nitrogens with zero attached hydrogens (tertiary/aromatic N) is 4. The predicted octanol–water partition coefficient (Wildman–Crippen LogP) is 3.67. The van der Waals surface area contributed by atoms with Crippen LogP contribution in [-0.2, 0) is 15.8 Å². The number of benzene rings is 1. The molecule has 2 aliphatic heterocycles. The molecule has 3 aromatic rings. The molecule has 0 saturated carbocycles. The van der Waals surface area contributed by atoms with Crippen molar-refractivity contribution in [1.29, 1.82) is 0 Å². The average Bonchev–Trinajstić information content (AvgIpc) is 3.62. The lowest BCUT2D eigenvalue weighted by molar-refractivity contribution is -0.146. The molecular formula is C28H30F3N7O3S2. The van der Waals surface area contributed by atoms with Gasteiger partial charge in [0.1, 0.15) is 11.7 Å². The van der Waals surface area contributed by atoms with E-state index in [0.29, 0.717) is 36.0 Å². The standard InChI is InChI=1S/C28H30F3N7O3S2/c1-27-9-8-17(15-4-6-18-16(13-15)5-7-21(36-18)28(29,30)31)25(41)38(27)20(14-43-27)23(40)37-19(3-2-10-35-26(32)33)22(39)24-34-11-12-42-24/h4-7,11-13,17,19-20H,2-3,8-10,14H2,1H3,(H,37,40)(H4,32,33,35)/t17-,19?,20-,27-/m0/s1. The third kappa shape index (κ3) is 6.47. The van der Waals surface area contributed by atoms with Gasteiger partial charge in [-0.25, -0.2) is 9.97 Å². The highest BCUT2D eigenvalue weighted by Crippen LogP contribution is 2.49. The number of thiazole rings is 1. The Hall–Kier alpha value is -3.72. The fourth-order valence-corrected chi connectivity index (χ4v) is 7.64. The lowest BCUT2D eigenvalue weighted by Crippen LogP contribution is -2.59. The lowest BCUT2D eigenvalue weighted by atomic mass is 9.85. The number of nitrogens with two attached hydrogens (primary N) is 2. The number of carbonyl (C=O) groups is 3. The van der Waals surface area contributed by atoms with Crippen LogP contribution in [0.5, 0.6) is 0 Å². The van der Waals surface area contributed by atoms with Crippen LogP contribution >= 0.6 is 23.1 Å². The fraction of sp³-hybridized carbons (Fsp3) is 0.429. The molecule has 2 amide bonds. The summed E-state index contributed by atoms with van der Waals surface area (Å²) in [6.45, 7) is 2.21. The van der Waals surface area contributed by atoms with Gasteiger partial charge >= 0.3 is 6.18 Å². The molecule has 228 valence electrons. The smallest absolute Gasteiger partial charge is 0.370 e. The summed E-state index contributed by atoms with van der Waals surface area (Å²) in [5.41, 5.74) is 10.6. The Morgan fingerprint density at radius 2 is 2.05 bits per heavy atom. The molecule has 1 unspecified atom stereocenters. The molecule has 4 heterocycles. The molecule has 2 aliphatic rings. The highest BCUT2D eigenvalue weighted by atomic mass is 32.2. The van der Waals surface area contributed by atoms with Gasteiger partial charge in [-0.2, -0.15) is 13.2 Å². The summed E-state index contributed by atoms with van der Waals surface area (Å²) in [6.07, 6.45) is -1.21. The number of alkyl halides is 3. The highest BCUT2D eigenvalue weighted by molar-refractivity contribution is 8.00. The third-order valence-corrected chi connectivity index (χ3v) is 10.0. The number of guanidine groups is 1. The minimum Gasteiger partial charge on any atom is -0.370 e. The van der Waals surface area contributed by atoms with Gasteiger partial charge in [-0.1, -0.05) is 12.1 Å². The van der Waals surface area contributed by atoms with Crippen molar-refractivity contribution in [2.24, 2.45) is 16.5 Å². The first-order valence-electron chi connectivity index (χ1n) is 13.6. The third-order valence-electron chi connectivity index (χ3n) is 7.74. The molecule has 5 rings (SSSR count). The zero-order chi connectivity index (χ0) is 30.9. The SMILES string of the molecule is C[C@]12CC[C@@H](c3ccc4nc(C(F)(F)F)ccc4c3)C(=O)N1[C@H](C(=O)NC(CCCN=C(N)N)C(=O)c1nccs1)CS2. The normalized spacial score (nSPS) is 22.7. The van der Waals surface area contributed by atoms with E-state index >= 15 is 0 Å². The topological polar surface area (TPSA) is 157 Å². The summed E-state index contributed by atoms with van der Waals surface area (Å²) >= 11 is 2.69. The van der Waals surface area contributed by atoms with Gasteiger partial charge in [0.2, 0.25) is 17.6 Å². The second kappa shape index (κ2) is 12.1. The molecule has 1 aromatic carbocycles. The van der Waals surface area contributed by atoms with Gasteiger partial charge in [0.05, 0.1) is 22.3 Å². The maximum atomic E-state index is 14.0. The van der Waals surface area contributed by atoms with Gasteiger partial charge in [-0.3, -0.25) is 19.4 Å². The van der Waals surface area contributed by atoms with Crippen LogP contribution in [0, 0.1) is 0 Å². The number of hydrogen-bond donors (Lipinski definition) is 3. The Balaban J connectivity index is 1.35. The number of rotatable bonds is 9. The van der Waals surface area contributed by atoms with Crippen LogP contribution in [0.4, 0.5) is 13.2 Å². The number of amides is 2. The molecular weight excluding hydrogens is 603 g/mol. The summed E-state index contributed by atoms with van der Waals surface area (Å²) < 4.78 is 39.4. The first kappa shape index (κ1) is 30.7. The van der Waals surface area contributed by atoms with Crippen molar-refractivity contribution >= 4 is 57.6 Å². The van der Waals surface area contributed by atoms with Crippen molar-refractivity contribution in [2.75, 3.05) is 12.3 Å². The summed E-state index contributed by atoms with van der Waals surface area (Å²) in [5, 5.41) is 5.29. The van der Waals surface area contributed by atoms with Gasteiger partial charge in [-0.05, 0) is 56.4 Å². The van der Waals surface area contributed by atoms with E-state index in [1.807, 2.05) is 6.92 Å². The minimum absolute atomic E-state index is 0.0685. The van der Waals surface area contributed by atoms with Gasteiger partial charge in [0.15, 0.2) is 11.0 Å². The number of aliphatic imine (C=N–C) groups is 1. The summed E-state index contributed by atoms with van der Waals surface area (Å²) in [6, 6.07) is 5.37. The van der Waals surface area contributed by atoms with Gasteiger partial charge in [0.25, 0.3) is 0 Å². The average molecular weight is 634 g/mol. The molecule has 2 saturated heterocycles. The van der Waals surface area contributed by atoms with Crippen molar-refractivity contribution in [1.82, 2.24) is 20.2 Å². The van der Waals surface area contributed by atoms with Crippen LogP contribution in [0.1, 0.15) is 59.6 Å². The highest BCUT2D eigenvalue weighted by Gasteiger charge is 2.54. The molecule has 4 atom stereocenters. The van der Waals surface area contributed by atoms with Crippen molar-refractivity contribution in [2.45, 2.75) is 61.7 Å². The van der Waals surface area contributed by atoms with Crippen LogP contribution in [0.2, 0.25) is 0 Å². The molecule has 43 heavy (non-hydrogen) atoms. The maximum Gasteiger partial charge on any atom is 0.433 e. The van der Waals surface area contributed by atoms with Crippen LogP contribution in [0.15, 0.2) is 46.9 Å². The fourth-order valence-electron chi connectivity index (χ4n) is 5.57. The van der Waals surface area contributed by atoms with Gasteiger partial charge in [0, 0.05) is 29.3 Å². The molecule has 5 N–H and O–H groups in total. The largest absolute Gasteiger partial charge is 0.433 e. The van der Waals surface area contributed by atoms with Crippen LogP contribution in [0.3, 0.4) is 0 Å². The Labute approximate surface area is 253 Å². The van der Waals surface area contributed by atoms with E-state index in [0.717, 1.165) is 6.07 Å². The minimum atomic E-state index is -4.56. The van der Waals surface area contributed by atoms with E-state index in [1.54, 1.807) is 22.4 Å². The van der Waals surface area contributed by atoms with Gasteiger partial charge in [-0.15, -0.1) is 23.1 Å². The number of ketones is 1. The van der Waals surface area contributed by atoms with Crippen molar-refractivity contribution in [3.8, 4) is 0 Å². The molecule has 0 spiro atoms. The number of aromatic nitrogens is 2. The Morgan fingerprint density at radius 3 is 2.74 bits per heavy atom. The van der Waals surface area contributed by atoms with E-state index in [4.69, 9.17) is 11.5 Å². The lowest BCUT2D eigenvalue weighted by Gasteiger charge is -2.44. The van der Waals surface area contributed by atoms with E-state index < -0.39 is 40.6 Å². The second-order valence-corrected chi connectivity index (χ2v) is 13.1. The van der Waals surface area contributed by atoms with E-state index in [9.17, 15) is 27.6 Å². The molecule has 15 heteroatoms. The maximum absolute atomic E-state index is 14.0. The molecule has 10 nitrogen and oxygen atoms in total. The van der Waals surface area contributed by atoms with E-state index in [-0.39, 0.29) is 41.1 Å². The number of fused-ring (bicyclic) bond motifs is 2. The number of nitrogens with one attached hydrogen (secondary N) is 1. The molecule has 0 bridgehead atoms. The quantitative estimate of drug-likeness (QED) is 0.140. The second-order valence-electron chi connectivity index (χ2n) is 10.7. The van der Waals surface area contributed by atoms with E-state index in [1.165, 1.54) is 41.4 Å². The van der Waals surface area contributed by atoms with Crippen molar-refractivity contribution < 1.29 is 27.6 Å². The van der Waals surface area contributed by atoms with Gasteiger partial charge < -0.3 is 21.7 Å². The number of hydrogen-bond acceptors (Lipinski definition) is 8. The number of Topliss-reactive ketones (excluding diaryl/α,β-unsaturated/α-hetero) is 1. The van der Waals surface area contributed by atoms with Crippen LogP contribution < -0.4 is 16.8 Å². The number of halogens is 3. The van der Waals surface area contributed by atoms with Crippen LogP contribution in [-0.4, -0.2) is 67.7 Å². The zero-order valence-electron chi connectivity index (χ0n) is 23.1.